The van der Waals surface area contributed by atoms with E-state index in [4.69, 9.17) is 5.26 Å². The van der Waals surface area contributed by atoms with Gasteiger partial charge in [0.1, 0.15) is 11.9 Å². The van der Waals surface area contributed by atoms with Crippen molar-refractivity contribution in [2.24, 2.45) is 0 Å². The van der Waals surface area contributed by atoms with Crippen LogP contribution in [0.15, 0.2) is 18.2 Å². The lowest BCUT2D eigenvalue weighted by Gasteiger charge is -2.17. The molecule has 0 amide bonds. The van der Waals surface area contributed by atoms with Gasteiger partial charge in [0.2, 0.25) is 0 Å². The van der Waals surface area contributed by atoms with Gasteiger partial charge < -0.3 is 0 Å². The second-order valence-corrected chi connectivity index (χ2v) is 3.50. The molecule has 2 nitrogen and oxygen atoms in total. The molecule has 0 radical (unpaired) electrons. The number of hydrogen-bond acceptors (Lipinski definition) is 2. The molecule has 0 aliphatic heterocycles. The molecule has 0 bridgehead atoms. The highest BCUT2D eigenvalue weighted by Crippen LogP contribution is 2.19. The van der Waals surface area contributed by atoms with Crippen molar-refractivity contribution in [1.82, 2.24) is 4.90 Å². The molecule has 0 saturated heterocycles. The summed E-state index contributed by atoms with van der Waals surface area (Å²) in [6.07, 6.45) is 0. The Hall–Kier alpha value is -1.40. The molecule has 0 aliphatic carbocycles. The normalized spacial score (nSPS) is 12.6. The van der Waals surface area contributed by atoms with Crippen LogP contribution < -0.4 is 0 Å². The summed E-state index contributed by atoms with van der Waals surface area (Å²) in [5.74, 6) is -0.260. The molecule has 0 N–H and O–H groups in total. The van der Waals surface area contributed by atoms with E-state index in [-0.39, 0.29) is 11.9 Å². The predicted octanol–water partition coefficient (Wildman–Crippen LogP) is 2.26. The molecule has 1 rings (SSSR count). The fourth-order valence-electron chi connectivity index (χ4n) is 1.27. The molecule has 0 saturated carbocycles. The van der Waals surface area contributed by atoms with E-state index in [0.717, 1.165) is 0 Å². The van der Waals surface area contributed by atoms with Crippen LogP contribution in [0, 0.1) is 24.1 Å². The first-order valence-electron chi connectivity index (χ1n) is 4.38. The van der Waals surface area contributed by atoms with Crippen LogP contribution in [0.25, 0.3) is 0 Å². The number of rotatable bonds is 2. The lowest BCUT2D eigenvalue weighted by Crippen LogP contribution is -2.18. The van der Waals surface area contributed by atoms with E-state index in [1.54, 1.807) is 38.1 Å². The van der Waals surface area contributed by atoms with Crippen molar-refractivity contribution in [3.63, 3.8) is 0 Å². The van der Waals surface area contributed by atoms with E-state index in [0.29, 0.717) is 11.1 Å². The third-order valence-electron chi connectivity index (χ3n) is 2.15. The Morgan fingerprint density at radius 2 is 2.07 bits per heavy atom. The fourth-order valence-corrected chi connectivity index (χ4v) is 1.27. The summed E-state index contributed by atoms with van der Waals surface area (Å²) < 4.78 is 13.2. The quantitative estimate of drug-likeness (QED) is 0.718. The average Bonchev–Trinajstić information content (AvgIpc) is 2.11. The van der Waals surface area contributed by atoms with Crippen LogP contribution in [0.4, 0.5) is 4.39 Å². The summed E-state index contributed by atoms with van der Waals surface area (Å²) in [6.45, 7) is 1.70. The lowest BCUT2D eigenvalue weighted by molar-refractivity contribution is 0.357. The van der Waals surface area contributed by atoms with Gasteiger partial charge in [-0.25, -0.2) is 4.39 Å². The Balaban J connectivity index is 3.08. The molecular weight excluding hydrogens is 179 g/mol. The van der Waals surface area contributed by atoms with Gasteiger partial charge >= 0.3 is 0 Å². The number of hydrogen-bond donors (Lipinski definition) is 0. The molecule has 14 heavy (non-hydrogen) atoms. The molecule has 74 valence electrons. The second kappa shape index (κ2) is 4.21. The summed E-state index contributed by atoms with van der Waals surface area (Å²) in [7, 11) is 3.59. The first-order chi connectivity index (χ1) is 6.56. The molecule has 0 aromatic heterocycles. The van der Waals surface area contributed by atoms with Crippen LogP contribution in [0.1, 0.15) is 17.2 Å². The van der Waals surface area contributed by atoms with Crippen molar-refractivity contribution in [2.45, 2.75) is 13.0 Å². The van der Waals surface area contributed by atoms with Crippen LogP contribution >= 0.6 is 0 Å². The van der Waals surface area contributed by atoms with Gasteiger partial charge in [0, 0.05) is 0 Å². The molecule has 0 heterocycles. The minimum Gasteiger partial charge on any atom is -0.291 e. The lowest BCUT2D eigenvalue weighted by atomic mass is 10.1. The summed E-state index contributed by atoms with van der Waals surface area (Å²) >= 11 is 0. The highest BCUT2D eigenvalue weighted by molar-refractivity contribution is 5.28. The van der Waals surface area contributed by atoms with Crippen LogP contribution in [-0.4, -0.2) is 19.0 Å². The fraction of sp³-hybridized carbons (Fsp3) is 0.364. The van der Waals surface area contributed by atoms with E-state index in [1.807, 2.05) is 0 Å². The maximum absolute atomic E-state index is 13.2. The van der Waals surface area contributed by atoms with E-state index in [9.17, 15) is 4.39 Å². The van der Waals surface area contributed by atoms with Crippen molar-refractivity contribution in [2.75, 3.05) is 14.1 Å². The van der Waals surface area contributed by atoms with Crippen molar-refractivity contribution in [3.8, 4) is 6.07 Å². The van der Waals surface area contributed by atoms with Crippen molar-refractivity contribution in [3.05, 3.63) is 35.1 Å². The van der Waals surface area contributed by atoms with Gasteiger partial charge in [-0.1, -0.05) is 12.1 Å². The summed E-state index contributed by atoms with van der Waals surface area (Å²) in [5.41, 5.74) is 1.30. The molecule has 1 aromatic rings. The summed E-state index contributed by atoms with van der Waals surface area (Å²) in [5, 5.41) is 8.90. The Morgan fingerprint density at radius 3 is 2.50 bits per heavy atom. The van der Waals surface area contributed by atoms with Gasteiger partial charge in [0.05, 0.1) is 6.07 Å². The summed E-state index contributed by atoms with van der Waals surface area (Å²) in [6, 6.07) is 6.64. The number of aryl methyl sites for hydroxylation is 1. The largest absolute Gasteiger partial charge is 0.291 e. The zero-order valence-corrected chi connectivity index (χ0v) is 8.58. The zero-order chi connectivity index (χ0) is 10.7. The smallest absolute Gasteiger partial charge is 0.126 e. The average molecular weight is 192 g/mol. The first-order valence-corrected chi connectivity index (χ1v) is 4.38. The van der Waals surface area contributed by atoms with E-state index in [2.05, 4.69) is 6.07 Å². The van der Waals surface area contributed by atoms with Crippen LogP contribution in [0.5, 0.6) is 0 Å². The molecule has 0 fully saturated rings. The SMILES string of the molecule is Cc1ccc([C@@H](C#N)N(C)C)cc1F. The van der Waals surface area contributed by atoms with E-state index in [1.165, 1.54) is 6.07 Å². The Bertz CT molecular complexity index is 366. The standard InChI is InChI=1S/C11H13FN2/c1-8-4-5-9(6-10(8)12)11(7-13)14(2)3/h4-6,11H,1-3H3/t11-/m1/s1. The molecule has 1 aromatic carbocycles. The highest BCUT2D eigenvalue weighted by Gasteiger charge is 2.13. The van der Waals surface area contributed by atoms with Gasteiger partial charge in [0.25, 0.3) is 0 Å². The Kier molecular flexibility index (Phi) is 3.21. The first kappa shape index (κ1) is 10.7. The highest BCUT2D eigenvalue weighted by atomic mass is 19.1. The third kappa shape index (κ3) is 2.09. The number of nitrogens with zero attached hydrogens (tertiary/aromatic N) is 2. The van der Waals surface area contributed by atoms with Gasteiger partial charge in [-0.05, 0) is 38.2 Å². The van der Waals surface area contributed by atoms with Crippen LogP contribution in [0.2, 0.25) is 0 Å². The monoisotopic (exact) mass is 192 g/mol. The molecule has 0 spiro atoms. The predicted molar refractivity (Wildman–Crippen MR) is 53.2 cm³/mol. The van der Waals surface area contributed by atoms with E-state index < -0.39 is 0 Å². The second-order valence-electron chi connectivity index (χ2n) is 3.50. The third-order valence-corrected chi connectivity index (χ3v) is 2.15. The number of benzene rings is 1. The minimum absolute atomic E-state index is 0.260. The van der Waals surface area contributed by atoms with Gasteiger partial charge in [-0.2, -0.15) is 5.26 Å². The maximum atomic E-state index is 13.2. The minimum atomic E-state index is -0.384. The molecule has 1 atom stereocenters. The van der Waals surface area contributed by atoms with E-state index >= 15 is 0 Å². The topological polar surface area (TPSA) is 27.0 Å². The van der Waals surface area contributed by atoms with Gasteiger partial charge in [-0.15, -0.1) is 0 Å². The van der Waals surface area contributed by atoms with Gasteiger partial charge in [-0.3, -0.25) is 4.90 Å². The van der Waals surface area contributed by atoms with Gasteiger partial charge in [0.15, 0.2) is 0 Å². The Labute approximate surface area is 83.6 Å². The molecule has 0 aliphatic rings. The Morgan fingerprint density at radius 1 is 1.43 bits per heavy atom. The molecule has 3 heteroatoms. The zero-order valence-electron chi connectivity index (χ0n) is 8.58. The number of halogens is 1. The molecule has 0 unspecified atom stereocenters. The van der Waals surface area contributed by atoms with Crippen molar-refractivity contribution in [1.29, 1.82) is 5.26 Å². The van der Waals surface area contributed by atoms with Crippen molar-refractivity contribution < 1.29 is 4.39 Å². The number of nitriles is 1. The summed E-state index contributed by atoms with van der Waals surface area (Å²) in [4.78, 5) is 1.75. The van der Waals surface area contributed by atoms with Crippen LogP contribution in [-0.2, 0) is 0 Å². The van der Waals surface area contributed by atoms with Crippen molar-refractivity contribution >= 4 is 0 Å². The maximum Gasteiger partial charge on any atom is 0.126 e. The van der Waals surface area contributed by atoms with Crippen LogP contribution in [0.3, 0.4) is 0 Å². The molecular formula is C11H13FN2.